The average Bonchev–Trinajstić information content (AvgIpc) is 2.47. The van der Waals surface area contributed by atoms with Crippen molar-refractivity contribution in [2.75, 3.05) is 7.05 Å². The van der Waals surface area contributed by atoms with Crippen molar-refractivity contribution < 1.29 is 16.8 Å². The summed E-state index contributed by atoms with van der Waals surface area (Å²) in [4.78, 5) is 3.42. The van der Waals surface area contributed by atoms with Crippen LogP contribution in [0.4, 0.5) is 0 Å². The second-order valence-corrected chi connectivity index (χ2v) is 5.70. The Balaban J connectivity index is 3.44. The van der Waals surface area contributed by atoms with E-state index in [1.165, 1.54) is 6.92 Å². The molecule has 9 nitrogen and oxygen atoms in total. The lowest BCUT2D eigenvalue weighted by molar-refractivity contribution is 0.566. The molecule has 0 amide bonds. The Morgan fingerprint density at radius 3 is 2.20 bits per heavy atom. The highest BCUT2D eigenvalue weighted by atomic mass is 32.2. The normalized spacial score (nSPS) is 13.0. The molecule has 0 fully saturated rings. The molecular formula is C4H9N5O4S2. The third-order valence-electron chi connectivity index (χ3n) is 1.45. The van der Waals surface area contributed by atoms with Gasteiger partial charge in [0, 0.05) is 7.05 Å². The van der Waals surface area contributed by atoms with Crippen molar-refractivity contribution in [3.63, 3.8) is 0 Å². The molecule has 15 heavy (non-hydrogen) atoms. The molecule has 0 aliphatic carbocycles. The summed E-state index contributed by atoms with van der Waals surface area (Å²) in [6.45, 7) is 1.29. The van der Waals surface area contributed by atoms with Crippen molar-refractivity contribution in [2.45, 2.75) is 12.1 Å². The lowest BCUT2D eigenvalue weighted by Gasteiger charge is -2.01. The van der Waals surface area contributed by atoms with E-state index in [9.17, 15) is 16.8 Å². The molecule has 0 saturated heterocycles. The molecule has 1 heterocycles. The van der Waals surface area contributed by atoms with Gasteiger partial charge in [0.25, 0.3) is 15.2 Å². The highest BCUT2D eigenvalue weighted by Gasteiger charge is 2.22. The molecular weight excluding hydrogens is 246 g/mol. The number of aryl methyl sites for hydroxylation is 1. The number of sulfonamides is 1. The van der Waals surface area contributed by atoms with Crippen LogP contribution >= 0.6 is 0 Å². The first-order valence-corrected chi connectivity index (χ1v) is 6.57. The van der Waals surface area contributed by atoms with E-state index in [0.29, 0.717) is 4.09 Å². The van der Waals surface area contributed by atoms with Gasteiger partial charge in [0.05, 0.1) is 0 Å². The monoisotopic (exact) mass is 255 g/mol. The molecule has 0 aliphatic rings. The zero-order valence-electron chi connectivity index (χ0n) is 7.87. The number of rotatable bonds is 3. The maximum atomic E-state index is 11.3. The largest absolute Gasteiger partial charge is 0.321 e. The van der Waals surface area contributed by atoms with Gasteiger partial charge < -0.3 is 0 Å². The first kappa shape index (κ1) is 12.0. The summed E-state index contributed by atoms with van der Waals surface area (Å²) in [5, 5.41) is 7.27. The number of nitrogens with zero attached hydrogens (tertiary/aromatic N) is 3. The van der Waals surface area contributed by atoms with Crippen LogP contribution in [0.3, 0.4) is 0 Å². The molecule has 0 aliphatic heterocycles. The highest BCUT2D eigenvalue weighted by Crippen LogP contribution is 2.03. The Kier molecular flexibility index (Phi) is 2.82. The van der Waals surface area contributed by atoms with E-state index in [1.807, 2.05) is 4.72 Å². The molecule has 1 rings (SSSR count). The second kappa shape index (κ2) is 3.52. The molecule has 0 atom stereocenters. The van der Waals surface area contributed by atoms with Gasteiger partial charge in [-0.3, -0.25) is 0 Å². The minimum absolute atomic E-state index is 0.103. The van der Waals surface area contributed by atoms with Gasteiger partial charge in [0.2, 0.25) is 0 Å². The Bertz CT molecular complexity index is 570. The van der Waals surface area contributed by atoms with E-state index in [-0.39, 0.29) is 5.82 Å². The van der Waals surface area contributed by atoms with Crippen molar-refractivity contribution in [1.29, 1.82) is 0 Å². The van der Waals surface area contributed by atoms with Crippen molar-refractivity contribution in [2.24, 2.45) is 5.14 Å². The molecule has 0 saturated carbocycles. The standard InChI is InChI=1S/C4H9N5O4S2/c1-3-7-4(14(5,10)11)8-9(3)15(12,13)6-2/h6H,1-2H3,(H2,5,10,11). The molecule has 0 radical (unpaired) electrons. The SMILES string of the molecule is CNS(=O)(=O)n1nc(S(N)(=O)=O)nc1C. The van der Waals surface area contributed by atoms with Gasteiger partial charge in [-0.1, -0.05) is 0 Å². The van der Waals surface area contributed by atoms with Crippen molar-refractivity contribution in [3.8, 4) is 0 Å². The Morgan fingerprint density at radius 2 is 1.87 bits per heavy atom. The van der Waals surface area contributed by atoms with Crippen molar-refractivity contribution in [3.05, 3.63) is 5.82 Å². The number of primary sulfonamides is 1. The lowest BCUT2D eigenvalue weighted by Crippen LogP contribution is -2.28. The quantitative estimate of drug-likeness (QED) is 0.614. The number of hydrogen-bond acceptors (Lipinski definition) is 6. The Labute approximate surface area is 86.5 Å². The fourth-order valence-corrected chi connectivity index (χ4v) is 2.04. The second-order valence-electron chi connectivity index (χ2n) is 2.54. The maximum Gasteiger partial charge on any atom is 0.321 e. The highest BCUT2D eigenvalue weighted by molar-refractivity contribution is 7.89. The van der Waals surface area contributed by atoms with E-state index in [0.717, 1.165) is 7.05 Å². The minimum Gasteiger partial charge on any atom is -0.222 e. The summed E-state index contributed by atoms with van der Waals surface area (Å²) in [5.74, 6) is -0.103. The van der Waals surface area contributed by atoms with Crippen LogP contribution < -0.4 is 9.86 Å². The van der Waals surface area contributed by atoms with Crippen LogP contribution in [0.2, 0.25) is 0 Å². The summed E-state index contributed by atoms with van der Waals surface area (Å²) >= 11 is 0. The zero-order chi connectivity index (χ0) is 11.9. The summed E-state index contributed by atoms with van der Waals surface area (Å²) in [6, 6.07) is 0. The molecule has 0 spiro atoms. The van der Waals surface area contributed by atoms with Gasteiger partial charge in [-0.15, -0.1) is 9.19 Å². The van der Waals surface area contributed by atoms with E-state index < -0.39 is 25.4 Å². The number of nitrogens with two attached hydrogens (primary N) is 1. The fourth-order valence-electron chi connectivity index (χ4n) is 0.788. The van der Waals surface area contributed by atoms with E-state index in [2.05, 4.69) is 10.1 Å². The topological polar surface area (TPSA) is 137 Å². The van der Waals surface area contributed by atoms with E-state index >= 15 is 0 Å². The molecule has 1 aromatic heterocycles. The smallest absolute Gasteiger partial charge is 0.222 e. The predicted molar refractivity (Wildman–Crippen MR) is 49.5 cm³/mol. The Morgan fingerprint density at radius 1 is 1.33 bits per heavy atom. The third-order valence-corrected chi connectivity index (χ3v) is 3.45. The van der Waals surface area contributed by atoms with Gasteiger partial charge in [0.15, 0.2) is 0 Å². The van der Waals surface area contributed by atoms with Crippen LogP contribution in [0.5, 0.6) is 0 Å². The number of aromatic nitrogens is 3. The first-order valence-electron chi connectivity index (χ1n) is 3.59. The average molecular weight is 255 g/mol. The van der Waals surface area contributed by atoms with Crippen molar-refractivity contribution >= 4 is 20.2 Å². The summed E-state index contributed by atoms with van der Waals surface area (Å²) in [5.41, 5.74) is 0. The maximum absolute atomic E-state index is 11.3. The van der Waals surface area contributed by atoms with Crippen LogP contribution in [-0.4, -0.2) is 38.1 Å². The zero-order valence-corrected chi connectivity index (χ0v) is 9.50. The third kappa shape index (κ3) is 2.31. The van der Waals surface area contributed by atoms with E-state index in [1.54, 1.807) is 0 Å². The number of hydrogen-bond donors (Lipinski definition) is 2. The molecule has 0 aromatic carbocycles. The number of nitrogens with one attached hydrogen (secondary N) is 1. The Hall–Kier alpha value is -1.04. The van der Waals surface area contributed by atoms with E-state index in [4.69, 9.17) is 5.14 Å². The van der Waals surface area contributed by atoms with Gasteiger partial charge in [-0.2, -0.15) is 18.1 Å². The fraction of sp³-hybridized carbons (Fsp3) is 0.500. The molecule has 11 heteroatoms. The van der Waals surface area contributed by atoms with Crippen molar-refractivity contribution in [1.82, 2.24) is 18.9 Å². The predicted octanol–water partition coefficient (Wildman–Crippen LogP) is -2.45. The molecule has 0 unspecified atom stereocenters. The molecule has 0 bridgehead atoms. The van der Waals surface area contributed by atoms with Gasteiger partial charge >= 0.3 is 10.2 Å². The van der Waals surface area contributed by atoms with Crippen LogP contribution in [0.15, 0.2) is 5.16 Å². The van der Waals surface area contributed by atoms with Crippen LogP contribution in [0.25, 0.3) is 0 Å². The van der Waals surface area contributed by atoms with Crippen LogP contribution in [0.1, 0.15) is 5.82 Å². The first-order chi connectivity index (χ1) is 6.68. The van der Waals surface area contributed by atoms with Crippen LogP contribution in [-0.2, 0) is 20.2 Å². The molecule has 3 N–H and O–H groups in total. The minimum atomic E-state index is -4.11. The summed E-state index contributed by atoms with van der Waals surface area (Å²) in [7, 11) is -6.84. The summed E-state index contributed by atoms with van der Waals surface area (Å²) < 4.78 is 46.6. The molecule has 86 valence electrons. The molecule has 1 aromatic rings. The van der Waals surface area contributed by atoms with Gasteiger partial charge in [-0.25, -0.2) is 13.6 Å². The van der Waals surface area contributed by atoms with Gasteiger partial charge in [0.1, 0.15) is 5.82 Å². The van der Waals surface area contributed by atoms with Crippen LogP contribution in [0, 0.1) is 6.92 Å². The summed E-state index contributed by atoms with van der Waals surface area (Å²) in [6.07, 6.45) is 0. The lowest BCUT2D eigenvalue weighted by atomic mass is 10.8. The van der Waals surface area contributed by atoms with Gasteiger partial charge in [-0.05, 0) is 6.92 Å².